The Labute approximate surface area is 151 Å². The van der Waals surface area contributed by atoms with Gasteiger partial charge in [-0.1, -0.05) is 12.1 Å². The van der Waals surface area contributed by atoms with E-state index in [0.29, 0.717) is 6.07 Å². The van der Waals surface area contributed by atoms with E-state index in [-0.39, 0.29) is 17.7 Å². The van der Waals surface area contributed by atoms with Crippen LogP contribution in [-0.4, -0.2) is 38.6 Å². The number of sulfonamides is 1. The highest BCUT2D eigenvalue weighted by atomic mass is 32.2. The second-order valence-electron chi connectivity index (χ2n) is 4.83. The number of methoxy groups -OCH3 is 2. The van der Waals surface area contributed by atoms with Crippen LogP contribution in [0.25, 0.3) is 0 Å². The maximum atomic E-state index is 13.0. The van der Waals surface area contributed by atoms with Gasteiger partial charge in [-0.25, -0.2) is 17.9 Å². The molecule has 0 spiro atoms. The molecule has 9 nitrogen and oxygen atoms in total. The van der Waals surface area contributed by atoms with E-state index < -0.39 is 32.7 Å². The summed E-state index contributed by atoms with van der Waals surface area (Å²) in [5.74, 6) is -0.382. The molecule has 0 aliphatic carbocycles. The number of hydrogen-bond donors (Lipinski definition) is 2. The van der Waals surface area contributed by atoms with E-state index in [1.165, 1.54) is 25.0 Å². The number of benzene rings is 1. The number of amides is 2. The number of carbonyl (C=O) groups is 1. The number of alkyl halides is 3. The third-order valence-corrected chi connectivity index (χ3v) is 4.42. The molecule has 0 saturated carbocycles. The average molecular weight is 406 g/mol. The first-order chi connectivity index (χ1) is 12.6. The molecule has 146 valence electrons. The van der Waals surface area contributed by atoms with E-state index >= 15 is 0 Å². The molecular formula is C14H13F3N4O5S. The van der Waals surface area contributed by atoms with Gasteiger partial charge in [-0.05, 0) is 12.1 Å². The SMILES string of the molecule is COc1cc(OC)nc(NC(=O)NS(=O)(=O)c2ccccc2C(F)(F)F)n1. The van der Waals surface area contributed by atoms with E-state index in [1.807, 2.05) is 5.32 Å². The molecule has 0 unspecified atom stereocenters. The van der Waals surface area contributed by atoms with Gasteiger partial charge in [0.25, 0.3) is 10.0 Å². The molecule has 0 radical (unpaired) electrons. The lowest BCUT2D eigenvalue weighted by molar-refractivity contribution is -0.139. The van der Waals surface area contributed by atoms with Crippen molar-refractivity contribution >= 4 is 22.0 Å². The maximum Gasteiger partial charge on any atom is 0.417 e. The van der Waals surface area contributed by atoms with Gasteiger partial charge in [0.05, 0.1) is 30.7 Å². The molecule has 27 heavy (non-hydrogen) atoms. The van der Waals surface area contributed by atoms with Crippen molar-refractivity contribution in [2.45, 2.75) is 11.1 Å². The molecule has 0 atom stereocenters. The standard InChI is InChI=1S/C14H13F3N4O5S/c1-25-10-7-11(26-2)19-12(18-10)20-13(22)21-27(23,24)9-6-4-3-5-8(9)14(15,16)17/h3-7H,1-2H3,(H2,18,19,20,21,22). The van der Waals surface area contributed by atoms with E-state index in [0.717, 1.165) is 18.2 Å². The van der Waals surface area contributed by atoms with Crippen LogP contribution in [0.5, 0.6) is 11.8 Å². The largest absolute Gasteiger partial charge is 0.481 e. The molecule has 0 aliphatic rings. The minimum atomic E-state index is -4.93. The highest BCUT2D eigenvalue weighted by Gasteiger charge is 2.37. The molecule has 2 N–H and O–H groups in total. The summed E-state index contributed by atoms with van der Waals surface area (Å²) in [5, 5.41) is 1.98. The number of anilines is 1. The summed E-state index contributed by atoms with van der Waals surface area (Å²) in [6.07, 6.45) is -4.93. The number of carbonyl (C=O) groups excluding carboxylic acids is 1. The van der Waals surface area contributed by atoms with Crippen LogP contribution in [0.4, 0.5) is 23.9 Å². The van der Waals surface area contributed by atoms with Gasteiger partial charge in [-0.15, -0.1) is 0 Å². The summed E-state index contributed by atoms with van der Waals surface area (Å²) in [4.78, 5) is 18.3. The van der Waals surface area contributed by atoms with Crippen molar-refractivity contribution in [1.29, 1.82) is 0 Å². The summed E-state index contributed by atoms with van der Waals surface area (Å²) >= 11 is 0. The molecule has 2 rings (SSSR count). The monoisotopic (exact) mass is 406 g/mol. The Balaban J connectivity index is 2.26. The van der Waals surface area contributed by atoms with Crippen LogP contribution in [0.3, 0.4) is 0 Å². The highest BCUT2D eigenvalue weighted by molar-refractivity contribution is 7.90. The fourth-order valence-electron chi connectivity index (χ4n) is 1.91. The highest BCUT2D eigenvalue weighted by Crippen LogP contribution is 2.33. The summed E-state index contributed by atoms with van der Waals surface area (Å²) in [7, 11) is -2.26. The summed E-state index contributed by atoms with van der Waals surface area (Å²) in [6, 6.07) is 3.35. The Bertz CT molecular complexity index is 928. The smallest absolute Gasteiger partial charge is 0.417 e. The molecule has 1 aromatic carbocycles. The minimum absolute atomic E-state index is 0.00224. The fourth-order valence-corrected chi connectivity index (χ4v) is 3.04. The van der Waals surface area contributed by atoms with Crippen LogP contribution in [0, 0.1) is 0 Å². The number of halogens is 3. The summed E-state index contributed by atoms with van der Waals surface area (Å²) < 4.78 is 74.5. The van der Waals surface area contributed by atoms with Crippen molar-refractivity contribution in [3.63, 3.8) is 0 Å². The first kappa shape index (κ1) is 20.2. The zero-order chi connectivity index (χ0) is 20.2. The second-order valence-corrected chi connectivity index (χ2v) is 6.48. The maximum absolute atomic E-state index is 13.0. The van der Waals surface area contributed by atoms with Crippen molar-refractivity contribution in [3.05, 3.63) is 35.9 Å². The first-order valence-corrected chi connectivity index (χ1v) is 8.52. The zero-order valence-electron chi connectivity index (χ0n) is 13.9. The van der Waals surface area contributed by atoms with Gasteiger partial charge in [0.15, 0.2) is 0 Å². The Morgan fingerprint density at radius 2 is 1.63 bits per heavy atom. The molecule has 0 bridgehead atoms. The van der Waals surface area contributed by atoms with Gasteiger partial charge in [0.1, 0.15) is 0 Å². The predicted octanol–water partition coefficient (Wildman–Crippen LogP) is 2.02. The average Bonchev–Trinajstić information content (AvgIpc) is 2.60. The number of aromatic nitrogens is 2. The first-order valence-electron chi connectivity index (χ1n) is 7.04. The predicted molar refractivity (Wildman–Crippen MR) is 85.9 cm³/mol. The lowest BCUT2D eigenvalue weighted by atomic mass is 10.2. The Kier molecular flexibility index (Phi) is 5.73. The third kappa shape index (κ3) is 4.97. The second kappa shape index (κ2) is 7.65. The number of rotatable bonds is 5. The van der Waals surface area contributed by atoms with Crippen molar-refractivity contribution in [1.82, 2.24) is 14.7 Å². The molecule has 2 aromatic rings. The molecule has 0 aliphatic heterocycles. The third-order valence-electron chi connectivity index (χ3n) is 3.03. The van der Waals surface area contributed by atoms with Crippen LogP contribution >= 0.6 is 0 Å². The van der Waals surface area contributed by atoms with Crippen LogP contribution < -0.4 is 19.5 Å². The van der Waals surface area contributed by atoms with Crippen molar-refractivity contribution < 1.29 is 35.9 Å². The molecular weight excluding hydrogens is 393 g/mol. The van der Waals surface area contributed by atoms with E-state index in [2.05, 4.69) is 9.97 Å². The molecule has 2 amide bonds. The zero-order valence-corrected chi connectivity index (χ0v) is 14.7. The van der Waals surface area contributed by atoms with Crippen LogP contribution in [0.2, 0.25) is 0 Å². The number of ether oxygens (including phenoxy) is 2. The lowest BCUT2D eigenvalue weighted by Gasteiger charge is -2.14. The lowest BCUT2D eigenvalue weighted by Crippen LogP contribution is -2.35. The summed E-state index contributed by atoms with van der Waals surface area (Å²) in [5.41, 5.74) is -1.41. The topological polar surface area (TPSA) is 120 Å². The summed E-state index contributed by atoms with van der Waals surface area (Å²) in [6.45, 7) is 0. The Morgan fingerprint density at radius 3 is 2.15 bits per heavy atom. The van der Waals surface area contributed by atoms with E-state index in [4.69, 9.17) is 9.47 Å². The van der Waals surface area contributed by atoms with Crippen molar-refractivity contribution in [3.8, 4) is 11.8 Å². The van der Waals surface area contributed by atoms with E-state index in [1.54, 1.807) is 0 Å². The van der Waals surface area contributed by atoms with Crippen LogP contribution in [-0.2, 0) is 16.2 Å². The van der Waals surface area contributed by atoms with E-state index in [9.17, 15) is 26.4 Å². The van der Waals surface area contributed by atoms with Gasteiger partial charge < -0.3 is 9.47 Å². The van der Waals surface area contributed by atoms with Crippen LogP contribution in [0.15, 0.2) is 35.2 Å². The quantitative estimate of drug-likeness (QED) is 0.780. The molecule has 0 saturated heterocycles. The number of urea groups is 1. The number of nitrogens with zero attached hydrogens (tertiary/aromatic N) is 2. The minimum Gasteiger partial charge on any atom is -0.481 e. The normalized spacial score (nSPS) is 11.6. The number of hydrogen-bond acceptors (Lipinski definition) is 7. The fraction of sp³-hybridized carbons (Fsp3) is 0.214. The molecule has 0 fully saturated rings. The van der Waals surface area contributed by atoms with Gasteiger partial charge in [0.2, 0.25) is 17.7 Å². The van der Waals surface area contributed by atoms with Crippen LogP contribution in [0.1, 0.15) is 5.56 Å². The van der Waals surface area contributed by atoms with Gasteiger partial charge in [-0.3, -0.25) is 5.32 Å². The van der Waals surface area contributed by atoms with Crippen molar-refractivity contribution in [2.24, 2.45) is 0 Å². The molecule has 1 aromatic heterocycles. The van der Waals surface area contributed by atoms with Gasteiger partial charge in [-0.2, -0.15) is 23.1 Å². The molecule has 1 heterocycles. The number of nitrogens with one attached hydrogen (secondary N) is 2. The molecule has 13 heteroatoms. The van der Waals surface area contributed by atoms with Gasteiger partial charge >= 0.3 is 12.2 Å². The Morgan fingerprint density at radius 1 is 1.07 bits per heavy atom. The van der Waals surface area contributed by atoms with Crippen molar-refractivity contribution in [2.75, 3.05) is 19.5 Å². The van der Waals surface area contributed by atoms with Gasteiger partial charge in [0, 0.05) is 0 Å². The Hall–Kier alpha value is -3.09.